The van der Waals surface area contributed by atoms with E-state index in [1.165, 1.54) is 6.07 Å². The molecule has 1 aromatic carbocycles. The van der Waals surface area contributed by atoms with E-state index in [0.29, 0.717) is 12.0 Å². The third-order valence-corrected chi connectivity index (χ3v) is 4.06. The Kier molecular flexibility index (Phi) is 5.09. The molecule has 116 valence electrons. The quantitative estimate of drug-likeness (QED) is 0.707. The second kappa shape index (κ2) is 6.65. The Morgan fingerprint density at radius 3 is 2.43 bits per heavy atom. The molecule has 1 aliphatic rings. The maximum atomic E-state index is 13.3. The number of carbonyl (C=O) groups excluding carboxylic acids is 1. The molecule has 1 aliphatic carbocycles. The van der Waals surface area contributed by atoms with Crippen molar-refractivity contribution < 1.29 is 13.6 Å². The van der Waals surface area contributed by atoms with Gasteiger partial charge in [-0.1, -0.05) is 13.8 Å². The molecule has 0 spiro atoms. The molecule has 0 N–H and O–H groups in total. The van der Waals surface area contributed by atoms with Crippen LogP contribution in [0, 0.1) is 17.6 Å². The molecule has 0 saturated heterocycles. The Labute approximate surface area is 125 Å². The molecule has 1 unspecified atom stereocenters. The van der Waals surface area contributed by atoms with E-state index in [0.717, 1.165) is 37.9 Å². The molecule has 21 heavy (non-hydrogen) atoms. The van der Waals surface area contributed by atoms with Gasteiger partial charge in [0.05, 0.1) is 6.04 Å². The number of benzene rings is 1. The number of rotatable bonds is 7. The topological polar surface area (TPSA) is 20.3 Å². The van der Waals surface area contributed by atoms with Gasteiger partial charge in [0.25, 0.3) is 0 Å². The van der Waals surface area contributed by atoms with E-state index in [2.05, 4.69) is 18.7 Å². The van der Waals surface area contributed by atoms with Crippen LogP contribution in [-0.4, -0.2) is 29.3 Å². The maximum Gasteiger partial charge on any atom is 0.179 e. The fourth-order valence-electron chi connectivity index (χ4n) is 2.55. The zero-order valence-corrected chi connectivity index (χ0v) is 12.9. The van der Waals surface area contributed by atoms with Crippen molar-refractivity contribution in [3.8, 4) is 0 Å². The fraction of sp³-hybridized carbons (Fsp3) is 0.588. The van der Waals surface area contributed by atoms with Gasteiger partial charge < -0.3 is 0 Å². The fourth-order valence-corrected chi connectivity index (χ4v) is 2.55. The van der Waals surface area contributed by atoms with Gasteiger partial charge >= 0.3 is 0 Å². The van der Waals surface area contributed by atoms with Crippen LogP contribution in [0.15, 0.2) is 18.2 Å². The first-order chi connectivity index (χ1) is 9.90. The Morgan fingerprint density at radius 2 is 1.90 bits per heavy atom. The summed E-state index contributed by atoms with van der Waals surface area (Å²) in [6.45, 7) is 7.06. The standard InChI is InChI=1S/C17H23F2NO/c1-11(2)8-9-20(14-5-6-14)12(3)17(21)13-4-7-15(18)16(19)10-13/h4,7,10-12,14H,5-6,8-9H2,1-3H3. The number of halogens is 2. The van der Waals surface area contributed by atoms with E-state index < -0.39 is 11.6 Å². The molecule has 2 nitrogen and oxygen atoms in total. The van der Waals surface area contributed by atoms with Gasteiger partial charge in [-0.05, 0) is 56.8 Å². The highest BCUT2D eigenvalue weighted by molar-refractivity contribution is 5.99. The average Bonchev–Trinajstić information content (AvgIpc) is 3.25. The molecule has 0 aromatic heterocycles. The molecule has 4 heteroatoms. The van der Waals surface area contributed by atoms with Crippen molar-refractivity contribution >= 4 is 5.78 Å². The molecular formula is C17H23F2NO. The number of nitrogens with zero attached hydrogens (tertiary/aromatic N) is 1. The van der Waals surface area contributed by atoms with E-state index in [-0.39, 0.29) is 17.4 Å². The highest BCUT2D eigenvalue weighted by Gasteiger charge is 2.35. The monoisotopic (exact) mass is 295 g/mol. The average molecular weight is 295 g/mol. The van der Waals surface area contributed by atoms with Crippen LogP contribution in [-0.2, 0) is 0 Å². The predicted octanol–water partition coefficient (Wildman–Crippen LogP) is 4.05. The van der Waals surface area contributed by atoms with Gasteiger partial charge in [0.2, 0.25) is 0 Å². The van der Waals surface area contributed by atoms with Crippen LogP contribution in [0.2, 0.25) is 0 Å². The van der Waals surface area contributed by atoms with Crippen molar-refractivity contribution in [1.29, 1.82) is 0 Å². The summed E-state index contributed by atoms with van der Waals surface area (Å²) in [7, 11) is 0. The van der Waals surface area contributed by atoms with Gasteiger partial charge in [0.1, 0.15) is 0 Å². The zero-order valence-electron chi connectivity index (χ0n) is 12.9. The molecule has 0 bridgehead atoms. The van der Waals surface area contributed by atoms with Crippen molar-refractivity contribution in [2.24, 2.45) is 5.92 Å². The van der Waals surface area contributed by atoms with E-state index in [1.807, 2.05) is 6.92 Å². The third-order valence-electron chi connectivity index (χ3n) is 4.06. The smallest absolute Gasteiger partial charge is 0.179 e. The lowest BCUT2D eigenvalue weighted by Crippen LogP contribution is -2.41. The Morgan fingerprint density at radius 1 is 1.24 bits per heavy atom. The number of hydrogen-bond donors (Lipinski definition) is 0. The highest BCUT2D eigenvalue weighted by atomic mass is 19.2. The first-order valence-electron chi connectivity index (χ1n) is 7.65. The van der Waals surface area contributed by atoms with Crippen LogP contribution in [0.3, 0.4) is 0 Å². The maximum absolute atomic E-state index is 13.3. The van der Waals surface area contributed by atoms with Crippen molar-refractivity contribution in [3.63, 3.8) is 0 Å². The summed E-state index contributed by atoms with van der Waals surface area (Å²) in [6.07, 6.45) is 3.27. The first-order valence-corrected chi connectivity index (χ1v) is 7.65. The van der Waals surface area contributed by atoms with Crippen LogP contribution in [0.1, 0.15) is 50.4 Å². The second-order valence-corrected chi connectivity index (χ2v) is 6.32. The van der Waals surface area contributed by atoms with Gasteiger partial charge in [-0.25, -0.2) is 8.78 Å². The minimum atomic E-state index is -0.965. The van der Waals surface area contributed by atoms with Crippen molar-refractivity contribution in [3.05, 3.63) is 35.4 Å². The number of ketones is 1. The lowest BCUT2D eigenvalue weighted by Gasteiger charge is -2.28. The molecule has 0 aliphatic heterocycles. The molecule has 1 atom stereocenters. The highest BCUT2D eigenvalue weighted by Crippen LogP contribution is 2.30. The number of carbonyl (C=O) groups is 1. The largest absolute Gasteiger partial charge is 0.292 e. The minimum absolute atomic E-state index is 0.135. The first kappa shape index (κ1) is 16.1. The zero-order chi connectivity index (χ0) is 15.6. The van der Waals surface area contributed by atoms with Gasteiger partial charge in [-0.2, -0.15) is 0 Å². The summed E-state index contributed by atoms with van der Waals surface area (Å²) in [6, 6.07) is 3.56. The van der Waals surface area contributed by atoms with Gasteiger partial charge in [0, 0.05) is 11.6 Å². The molecule has 2 rings (SSSR count). The van der Waals surface area contributed by atoms with Gasteiger partial charge in [-0.3, -0.25) is 9.69 Å². The molecule has 1 aromatic rings. The summed E-state index contributed by atoms with van der Waals surface area (Å²) in [4.78, 5) is 14.7. The van der Waals surface area contributed by atoms with E-state index in [1.54, 1.807) is 0 Å². The third kappa shape index (κ3) is 4.10. The van der Waals surface area contributed by atoms with E-state index >= 15 is 0 Å². The molecule has 1 fully saturated rings. The number of hydrogen-bond acceptors (Lipinski definition) is 2. The Hall–Kier alpha value is -1.29. The van der Waals surface area contributed by atoms with Gasteiger partial charge in [-0.15, -0.1) is 0 Å². The van der Waals surface area contributed by atoms with E-state index in [4.69, 9.17) is 0 Å². The van der Waals surface area contributed by atoms with Crippen LogP contribution in [0.25, 0.3) is 0 Å². The summed E-state index contributed by atoms with van der Waals surface area (Å²) >= 11 is 0. The lowest BCUT2D eigenvalue weighted by molar-refractivity contribution is 0.0818. The normalized spacial score (nSPS) is 16.5. The lowest BCUT2D eigenvalue weighted by atomic mass is 10.0. The summed E-state index contributed by atoms with van der Waals surface area (Å²) in [5.41, 5.74) is 0.247. The predicted molar refractivity (Wildman–Crippen MR) is 79.3 cm³/mol. The molecular weight excluding hydrogens is 272 g/mol. The minimum Gasteiger partial charge on any atom is -0.292 e. The molecule has 0 heterocycles. The second-order valence-electron chi connectivity index (χ2n) is 6.32. The molecule has 1 saturated carbocycles. The van der Waals surface area contributed by atoms with Crippen molar-refractivity contribution in [2.45, 2.75) is 52.1 Å². The molecule has 0 radical (unpaired) electrons. The summed E-state index contributed by atoms with van der Waals surface area (Å²) in [5, 5.41) is 0. The SMILES string of the molecule is CC(C)CCN(C1CC1)C(C)C(=O)c1ccc(F)c(F)c1. The van der Waals surface area contributed by atoms with Crippen LogP contribution >= 0.6 is 0 Å². The van der Waals surface area contributed by atoms with Gasteiger partial charge in [0.15, 0.2) is 17.4 Å². The van der Waals surface area contributed by atoms with E-state index in [9.17, 15) is 13.6 Å². The number of Topliss-reactive ketones (excluding diaryl/α,β-unsaturated/α-hetero) is 1. The van der Waals surface area contributed by atoms with Crippen LogP contribution in [0.5, 0.6) is 0 Å². The summed E-state index contributed by atoms with van der Waals surface area (Å²) in [5.74, 6) is -1.44. The molecule has 0 amide bonds. The van der Waals surface area contributed by atoms with Crippen molar-refractivity contribution in [1.82, 2.24) is 4.90 Å². The Balaban J connectivity index is 2.09. The summed E-state index contributed by atoms with van der Waals surface area (Å²) < 4.78 is 26.3. The Bertz CT molecular complexity index is 512. The van der Waals surface area contributed by atoms with Crippen molar-refractivity contribution in [2.75, 3.05) is 6.54 Å². The van der Waals surface area contributed by atoms with Crippen LogP contribution in [0.4, 0.5) is 8.78 Å². The van der Waals surface area contributed by atoms with Crippen LogP contribution < -0.4 is 0 Å².